The summed E-state index contributed by atoms with van der Waals surface area (Å²) in [6.45, 7) is 3.16. The third-order valence-corrected chi connectivity index (χ3v) is 3.37. The highest BCUT2D eigenvalue weighted by Gasteiger charge is 2.18. The van der Waals surface area contributed by atoms with E-state index in [1.165, 1.54) is 4.52 Å². The number of amides is 1. The normalized spacial score (nSPS) is 11.0. The second-order valence-corrected chi connectivity index (χ2v) is 4.82. The molecule has 1 N–H and O–H groups in total. The number of aromatic nitrogens is 5. The van der Waals surface area contributed by atoms with E-state index in [4.69, 9.17) is 11.6 Å². The van der Waals surface area contributed by atoms with Crippen molar-refractivity contribution in [2.24, 2.45) is 0 Å². The Morgan fingerprint density at radius 1 is 1.48 bits per heavy atom. The largest absolute Gasteiger partial charge is 0.346 e. The SMILES string of the molecule is CCn1cc(CNC(=O)c2nn3cccnc3c2Cl)cn1. The lowest BCUT2D eigenvalue weighted by Crippen LogP contribution is -2.23. The van der Waals surface area contributed by atoms with Crippen LogP contribution in [0.3, 0.4) is 0 Å². The van der Waals surface area contributed by atoms with E-state index in [9.17, 15) is 4.79 Å². The van der Waals surface area contributed by atoms with Crippen molar-refractivity contribution in [3.63, 3.8) is 0 Å². The lowest BCUT2D eigenvalue weighted by atomic mass is 10.3. The number of nitrogens with one attached hydrogen (secondary N) is 1. The van der Waals surface area contributed by atoms with E-state index < -0.39 is 0 Å². The van der Waals surface area contributed by atoms with Crippen molar-refractivity contribution >= 4 is 23.2 Å². The highest BCUT2D eigenvalue weighted by molar-refractivity contribution is 6.36. The molecule has 0 fully saturated rings. The van der Waals surface area contributed by atoms with Crippen LogP contribution in [0.5, 0.6) is 0 Å². The quantitative estimate of drug-likeness (QED) is 0.793. The molecule has 0 aliphatic heterocycles. The number of hydrogen-bond acceptors (Lipinski definition) is 4. The lowest BCUT2D eigenvalue weighted by Gasteiger charge is -2.00. The third kappa shape index (κ3) is 2.59. The minimum Gasteiger partial charge on any atom is -0.346 e. The van der Waals surface area contributed by atoms with Crippen molar-refractivity contribution in [2.75, 3.05) is 0 Å². The number of rotatable bonds is 4. The number of carbonyl (C=O) groups is 1. The lowest BCUT2D eigenvalue weighted by molar-refractivity contribution is 0.0945. The summed E-state index contributed by atoms with van der Waals surface area (Å²) in [4.78, 5) is 16.3. The maximum Gasteiger partial charge on any atom is 0.273 e. The van der Waals surface area contributed by atoms with E-state index in [0.717, 1.165) is 12.1 Å². The van der Waals surface area contributed by atoms with Crippen LogP contribution in [0.15, 0.2) is 30.9 Å². The second-order valence-electron chi connectivity index (χ2n) is 4.44. The molecule has 0 atom stereocenters. The van der Waals surface area contributed by atoms with Crippen molar-refractivity contribution in [2.45, 2.75) is 20.0 Å². The monoisotopic (exact) mass is 304 g/mol. The van der Waals surface area contributed by atoms with Gasteiger partial charge in [-0.15, -0.1) is 0 Å². The zero-order chi connectivity index (χ0) is 14.8. The van der Waals surface area contributed by atoms with Crippen molar-refractivity contribution < 1.29 is 4.79 Å². The number of carbonyl (C=O) groups excluding carboxylic acids is 1. The summed E-state index contributed by atoms with van der Waals surface area (Å²) in [7, 11) is 0. The number of halogens is 1. The predicted molar refractivity (Wildman–Crippen MR) is 77.1 cm³/mol. The van der Waals surface area contributed by atoms with E-state index in [-0.39, 0.29) is 16.6 Å². The highest BCUT2D eigenvalue weighted by atomic mass is 35.5. The molecule has 0 aromatic carbocycles. The molecule has 0 aliphatic rings. The summed E-state index contributed by atoms with van der Waals surface area (Å²) < 4.78 is 3.27. The van der Waals surface area contributed by atoms with Gasteiger partial charge in [-0.2, -0.15) is 10.2 Å². The van der Waals surface area contributed by atoms with Crippen LogP contribution in [0, 0.1) is 0 Å². The fourth-order valence-corrected chi connectivity index (χ4v) is 2.20. The van der Waals surface area contributed by atoms with Crippen LogP contribution < -0.4 is 5.32 Å². The van der Waals surface area contributed by atoms with E-state index in [0.29, 0.717) is 12.2 Å². The van der Waals surface area contributed by atoms with Gasteiger partial charge in [0.15, 0.2) is 11.3 Å². The minimum atomic E-state index is -0.338. The fraction of sp³-hybridized carbons (Fsp3) is 0.231. The molecule has 3 rings (SSSR count). The molecule has 3 aromatic heterocycles. The van der Waals surface area contributed by atoms with Crippen LogP contribution in [0.1, 0.15) is 23.0 Å². The molecule has 0 radical (unpaired) electrons. The van der Waals surface area contributed by atoms with Gasteiger partial charge in [0.1, 0.15) is 5.02 Å². The van der Waals surface area contributed by atoms with E-state index in [2.05, 4.69) is 20.5 Å². The summed E-state index contributed by atoms with van der Waals surface area (Å²) in [6, 6.07) is 1.72. The molecule has 0 spiro atoms. The van der Waals surface area contributed by atoms with E-state index in [1.807, 2.05) is 13.1 Å². The smallest absolute Gasteiger partial charge is 0.273 e. The Balaban J connectivity index is 1.76. The van der Waals surface area contributed by atoms with Crippen molar-refractivity contribution in [1.82, 2.24) is 29.7 Å². The Kier molecular flexibility index (Phi) is 3.57. The topological polar surface area (TPSA) is 77.1 Å². The van der Waals surface area contributed by atoms with Crippen LogP contribution in [0.4, 0.5) is 0 Å². The molecule has 0 bridgehead atoms. The Morgan fingerprint density at radius 2 is 2.33 bits per heavy atom. The maximum absolute atomic E-state index is 12.2. The van der Waals surface area contributed by atoms with Crippen LogP contribution in [-0.4, -0.2) is 30.3 Å². The molecule has 0 saturated heterocycles. The molecule has 3 aromatic rings. The van der Waals surface area contributed by atoms with Crippen LogP contribution in [-0.2, 0) is 13.1 Å². The van der Waals surface area contributed by atoms with Crippen molar-refractivity contribution in [3.8, 4) is 0 Å². The highest BCUT2D eigenvalue weighted by Crippen LogP contribution is 2.19. The molecule has 0 aliphatic carbocycles. The van der Waals surface area contributed by atoms with Gasteiger partial charge in [-0.05, 0) is 13.0 Å². The third-order valence-electron chi connectivity index (χ3n) is 3.02. The minimum absolute atomic E-state index is 0.165. The number of fused-ring (bicyclic) bond motifs is 1. The first-order valence-electron chi connectivity index (χ1n) is 6.47. The average Bonchev–Trinajstić information content (AvgIpc) is 3.10. The molecule has 0 unspecified atom stereocenters. The number of hydrogen-bond donors (Lipinski definition) is 1. The van der Waals surface area contributed by atoms with Gasteiger partial charge in [0.05, 0.1) is 6.20 Å². The summed E-state index contributed by atoms with van der Waals surface area (Å²) >= 11 is 6.14. The van der Waals surface area contributed by atoms with Gasteiger partial charge in [0.2, 0.25) is 0 Å². The van der Waals surface area contributed by atoms with E-state index in [1.54, 1.807) is 29.3 Å². The van der Waals surface area contributed by atoms with Crippen LogP contribution in [0.2, 0.25) is 5.02 Å². The van der Waals surface area contributed by atoms with Crippen molar-refractivity contribution in [1.29, 1.82) is 0 Å². The van der Waals surface area contributed by atoms with Gasteiger partial charge in [0.25, 0.3) is 5.91 Å². The van der Waals surface area contributed by atoms with Gasteiger partial charge in [-0.3, -0.25) is 9.48 Å². The van der Waals surface area contributed by atoms with Crippen LogP contribution >= 0.6 is 11.6 Å². The Labute approximate surface area is 125 Å². The maximum atomic E-state index is 12.2. The summed E-state index contributed by atoms with van der Waals surface area (Å²) in [5, 5.41) is 11.3. The zero-order valence-corrected chi connectivity index (χ0v) is 12.1. The predicted octanol–water partition coefficient (Wildman–Crippen LogP) is 1.53. The molecule has 21 heavy (non-hydrogen) atoms. The van der Waals surface area contributed by atoms with E-state index >= 15 is 0 Å². The summed E-state index contributed by atoms with van der Waals surface area (Å²) in [6.07, 6.45) is 6.89. The Bertz CT molecular complexity index is 793. The summed E-state index contributed by atoms with van der Waals surface area (Å²) in [5.74, 6) is -0.338. The van der Waals surface area contributed by atoms with Crippen LogP contribution in [0.25, 0.3) is 5.65 Å². The van der Waals surface area contributed by atoms with Gasteiger partial charge in [-0.1, -0.05) is 11.6 Å². The second kappa shape index (κ2) is 5.53. The molecule has 7 nitrogen and oxygen atoms in total. The zero-order valence-electron chi connectivity index (χ0n) is 11.3. The summed E-state index contributed by atoms with van der Waals surface area (Å²) in [5.41, 5.74) is 1.55. The first-order valence-corrected chi connectivity index (χ1v) is 6.85. The van der Waals surface area contributed by atoms with Crippen molar-refractivity contribution in [3.05, 3.63) is 47.1 Å². The molecule has 3 heterocycles. The first kappa shape index (κ1) is 13.6. The molecule has 0 saturated carbocycles. The molecular weight excluding hydrogens is 292 g/mol. The molecule has 8 heteroatoms. The standard InChI is InChI=1S/C13H13ClN6O/c1-2-19-8-9(7-17-19)6-16-13(21)11-10(14)12-15-4-3-5-20(12)18-11/h3-5,7-8H,2,6H2,1H3,(H,16,21). The fourth-order valence-electron chi connectivity index (χ4n) is 1.94. The molecule has 108 valence electrons. The van der Waals surface area contributed by atoms with Gasteiger partial charge < -0.3 is 5.32 Å². The number of nitrogens with zero attached hydrogens (tertiary/aromatic N) is 5. The Hall–Kier alpha value is -2.41. The average molecular weight is 305 g/mol. The van der Waals surface area contributed by atoms with Gasteiger partial charge in [0, 0.05) is 37.2 Å². The van der Waals surface area contributed by atoms with Gasteiger partial charge >= 0.3 is 0 Å². The molecule has 1 amide bonds. The molecular formula is C13H13ClN6O. The van der Waals surface area contributed by atoms with Gasteiger partial charge in [-0.25, -0.2) is 9.50 Å². The first-order chi connectivity index (χ1) is 10.2. The Morgan fingerprint density at radius 3 is 3.05 bits per heavy atom. The number of aryl methyl sites for hydroxylation is 1.